The molecule has 0 unspecified atom stereocenters. The van der Waals surface area contributed by atoms with Crippen LogP contribution in [0.5, 0.6) is 0 Å². The maximum atomic E-state index is 11.4. The van der Waals surface area contributed by atoms with Crippen molar-refractivity contribution >= 4 is 29.0 Å². The molecule has 0 bridgehead atoms. The molecule has 0 saturated heterocycles. The zero-order valence-electron chi connectivity index (χ0n) is 10.8. The molecule has 2 N–H and O–H groups in total. The van der Waals surface area contributed by atoms with Gasteiger partial charge in [-0.2, -0.15) is 0 Å². The summed E-state index contributed by atoms with van der Waals surface area (Å²) < 4.78 is 4.66. The highest BCUT2D eigenvalue weighted by molar-refractivity contribution is 7.80. The Morgan fingerprint density at radius 3 is 2.83 bits per heavy atom. The average molecular weight is 266 g/mol. The number of esters is 1. The predicted molar refractivity (Wildman–Crippen MR) is 76.9 cm³/mol. The van der Waals surface area contributed by atoms with E-state index in [0.29, 0.717) is 16.7 Å². The second-order valence-corrected chi connectivity index (χ2v) is 4.39. The Kier molecular flexibility index (Phi) is 5.58. The van der Waals surface area contributed by atoms with E-state index >= 15 is 0 Å². The summed E-state index contributed by atoms with van der Waals surface area (Å²) in [6, 6.07) is 7.34. The molecule has 0 aliphatic carbocycles. The third kappa shape index (κ3) is 4.33. The molecule has 1 rings (SSSR count). The molecule has 0 radical (unpaired) electrons. The van der Waals surface area contributed by atoms with E-state index in [0.717, 1.165) is 12.1 Å². The molecule has 1 aromatic rings. The molecule has 0 saturated carbocycles. The number of hydrogen-bond donors (Lipinski definition) is 2. The number of thiocarbonyl (C=S) groups is 1. The van der Waals surface area contributed by atoms with E-state index in [-0.39, 0.29) is 5.97 Å². The molecule has 0 spiro atoms. The molecular formula is C13H18N2O2S. The minimum atomic E-state index is -0.362. The van der Waals surface area contributed by atoms with Gasteiger partial charge < -0.3 is 15.4 Å². The molecule has 0 heterocycles. The van der Waals surface area contributed by atoms with Crippen molar-refractivity contribution in [3.63, 3.8) is 0 Å². The van der Waals surface area contributed by atoms with Gasteiger partial charge in [-0.05, 0) is 43.8 Å². The first kappa shape index (κ1) is 14.4. The van der Waals surface area contributed by atoms with Crippen LogP contribution in [-0.4, -0.2) is 24.2 Å². The third-order valence-electron chi connectivity index (χ3n) is 2.53. The molecule has 5 heteroatoms. The van der Waals surface area contributed by atoms with E-state index in [2.05, 4.69) is 29.2 Å². The minimum absolute atomic E-state index is 0.314. The Morgan fingerprint density at radius 2 is 2.22 bits per heavy atom. The first-order chi connectivity index (χ1) is 8.56. The fourth-order valence-corrected chi connectivity index (χ4v) is 1.65. The highest BCUT2D eigenvalue weighted by Crippen LogP contribution is 2.11. The zero-order chi connectivity index (χ0) is 13.5. The second-order valence-electron chi connectivity index (χ2n) is 3.98. The molecule has 0 aromatic heterocycles. The summed E-state index contributed by atoms with van der Waals surface area (Å²) in [4.78, 5) is 11.4. The number of hydrogen-bond acceptors (Lipinski definition) is 3. The molecular weight excluding hydrogens is 248 g/mol. The topological polar surface area (TPSA) is 50.4 Å². The molecule has 0 aliphatic heterocycles. The first-order valence-corrected chi connectivity index (χ1v) is 6.23. The van der Waals surface area contributed by atoms with Crippen molar-refractivity contribution in [3.05, 3.63) is 29.8 Å². The van der Waals surface area contributed by atoms with Crippen LogP contribution in [-0.2, 0) is 4.74 Å². The second kappa shape index (κ2) is 6.96. The van der Waals surface area contributed by atoms with E-state index in [4.69, 9.17) is 12.2 Å². The van der Waals surface area contributed by atoms with Gasteiger partial charge in [0.05, 0.1) is 12.7 Å². The lowest BCUT2D eigenvalue weighted by atomic mass is 10.2. The highest BCUT2D eigenvalue weighted by atomic mass is 32.1. The fraction of sp³-hybridized carbons (Fsp3) is 0.385. The van der Waals surface area contributed by atoms with Gasteiger partial charge in [0.2, 0.25) is 0 Å². The van der Waals surface area contributed by atoms with Gasteiger partial charge in [0.15, 0.2) is 5.11 Å². The lowest BCUT2D eigenvalue weighted by molar-refractivity contribution is 0.0601. The smallest absolute Gasteiger partial charge is 0.337 e. The largest absolute Gasteiger partial charge is 0.465 e. The van der Waals surface area contributed by atoms with E-state index in [9.17, 15) is 4.79 Å². The normalized spacial score (nSPS) is 11.5. The van der Waals surface area contributed by atoms with Crippen LogP contribution in [0.1, 0.15) is 30.6 Å². The number of rotatable bonds is 4. The molecule has 0 amide bonds. The standard InChI is InChI=1S/C13H18N2O2S/c1-4-9(2)14-13(18)15-11-7-5-6-10(8-11)12(16)17-3/h5-9H,4H2,1-3H3,(H2,14,15,18)/t9-/m1/s1. The summed E-state index contributed by atoms with van der Waals surface area (Å²) in [5.74, 6) is -0.362. The SMILES string of the molecule is CC[C@@H](C)NC(=S)Nc1cccc(C(=O)OC)c1. The van der Waals surface area contributed by atoms with Crippen molar-refractivity contribution in [3.8, 4) is 0 Å². The van der Waals surface area contributed by atoms with Crippen LogP contribution in [0.3, 0.4) is 0 Å². The van der Waals surface area contributed by atoms with E-state index in [1.54, 1.807) is 18.2 Å². The van der Waals surface area contributed by atoms with Gasteiger partial charge in [-0.25, -0.2) is 4.79 Å². The molecule has 0 aliphatic rings. The van der Waals surface area contributed by atoms with Crippen LogP contribution in [0, 0.1) is 0 Å². The van der Waals surface area contributed by atoms with E-state index in [1.165, 1.54) is 7.11 Å². The van der Waals surface area contributed by atoms with Crippen LogP contribution < -0.4 is 10.6 Å². The molecule has 1 atom stereocenters. The number of carbonyl (C=O) groups is 1. The van der Waals surface area contributed by atoms with Gasteiger partial charge in [-0.3, -0.25) is 0 Å². The van der Waals surface area contributed by atoms with Crippen LogP contribution in [0.25, 0.3) is 0 Å². The minimum Gasteiger partial charge on any atom is -0.465 e. The van der Waals surface area contributed by atoms with Crippen molar-refractivity contribution in [1.29, 1.82) is 0 Å². The number of anilines is 1. The Hall–Kier alpha value is -1.62. The lowest BCUT2D eigenvalue weighted by Gasteiger charge is -2.15. The van der Waals surface area contributed by atoms with Crippen LogP contribution in [0.15, 0.2) is 24.3 Å². The van der Waals surface area contributed by atoms with Gasteiger partial charge in [0.1, 0.15) is 0 Å². The summed E-state index contributed by atoms with van der Waals surface area (Å²) in [6.45, 7) is 4.14. The van der Waals surface area contributed by atoms with Crippen molar-refractivity contribution in [1.82, 2.24) is 5.32 Å². The molecule has 1 aromatic carbocycles. The van der Waals surface area contributed by atoms with Crippen LogP contribution >= 0.6 is 12.2 Å². The molecule has 0 fully saturated rings. The maximum Gasteiger partial charge on any atom is 0.337 e. The number of ether oxygens (including phenoxy) is 1. The number of carbonyl (C=O) groups excluding carboxylic acids is 1. The van der Waals surface area contributed by atoms with Crippen molar-refractivity contribution in [2.75, 3.05) is 12.4 Å². The van der Waals surface area contributed by atoms with Gasteiger partial charge in [-0.1, -0.05) is 13.0 Å². The molecule has 98 valence electrons. The van der Waals surface area contributed by atoms with Gasteiger partial charge in [0.25, 0.3) is 0 Å². The fourth-order valence-electron chi connectivity index (χ4n) is 1.33. The molecule has 4 nitrogen and oxygen atoms in total. The summed E-state index contributed by atoms with van der Waals surface area (Å²) in [5.41, 5.74) is 1.26. The summed E-state index contributed by atoms with van der Waals surface area (Å²) in [7, 11) is 1.36. The van der Waals surface area contributed by atoms with Crippen molar-refractivity contribution in [2.24, 2.45) is 0 Å². The first-order valence-electron chi connectivity index (χ1n) is 5.82. The van der Waals surface area contributed by atoms with Gasteiger partial charge in [-0.15, -0.1) is 0 Å². The summed E-state index contributed by atoms with van der Waals surface area (Å²) >= 11 is 5.18. The number of methoxy groups -OCH3 is 1. The van der Waals surface area contributed by atoms with Gasteiger partial charge in [0, 0.05) is 11.7 Å². The van der Waals surface area contributed by atoms with Crippen LogP contribution in [0.4, 0.5) is 5.69 Å². The number of nitrogens with one attached hydrogen (secondary N) is 2. The lowest BCUT2D eigenvalue weighted by Crippen LogP contribution is -2.35. The Labute approximate surface area is 113 Å². The Bertz CT molecular complexity index is 435. The Balaban J connectivity index is 2.67. The predicted octanol–water partition coefficient (Wildman–Crippen LogP) is 2.56. The third-order valence-corrected chi connectivity index (χ3v) is 2.75. The highest BCUT2D eigenvalue weighted by Gasteiger charge is 2.07. The zero-order valence-corrected chi connectivity index (χ0v) is 11.6. The average Bonchev–Trinajstić information content (AvgIpc) is 2.37. The van der Waals surface area contributed by atoms with Crippen molar-refractivity contribution in [2.45, 2.75) is 26.3 Å². The quantitative estimate of drug-likeness (QED) is 0.648. The molecule has 18 heavy (non-hydrogen) atoms. The number of benzene rings is 1. The maximum absolute atomic E-state index is 11.4. The van der Waals surface area contributed by atoms with Gasteiger partial charge >= 0.3 is 5.97 Å². The van der Waals surface area contributed by atoms with E-state index in [1.807, 2.05) is 6.07 Å². The van der Waals surface area contributed by atoms with Crippen molar-refractivity contribution < 1.29 is 9.53 Å². The van der Waals surface area contributed by atoms with Crippen LogP contribution in [0.2, 0.25) is 0 Å². The summed E-state index contributed by atoms with van der Waals surface area (Å²) in [6.07, 6.45) is 0.990. The monoisotopic (exact) mass is 266 g/mol. The summed E-state index contributed by atoms with van der Waals surface area (Å²) in [5, 5.41) is 6.73. The van der Waals surface area contributed by atoms with E-state index < -0.39 is 0 Å². The Morgan fingerprint density at radius 1 is 1.50 bits per heavy atom.